The van der Waals surface area contributed by atoms with Crippen molar-refractivity contribution in [1.29, 1.82) is 5.41 Å². The zero-order valence-corrected chi connectivity index (χ0v) is 13.5. The first-order chi connectivity index (χ1) is 11.6. The van der Waals surface area contributed by atoms with Crippen LogP contribution in [0.4, 0.5) is 0 Å². The number of H-pyrrole nitrogens is 1. The van der Waals surface area contributed by atoms with Gasteiger partial charge in [0.2, 0.25) is 0 Å². The second-order valence-corrected chi connectivity index (χ2v) is 6.13. The quantitative estimate of drug-likeness (QED) is 0.676. The summed E-state index contributed by atoms with van der Waals surface area (Å²) in [6.45, 7) is 0.739. The van der Waals surface area contributed by atoms with Gasteiger partial charge in [0.1, 0.15) is 17.4 Å². The molecule has 0 aliphatic carbocycles. The standard InChI is InChI=1S/C18H15ClN4O/c19-12-6-2-1-5-11(12)9-23-10-15(24)16(17(23)20)18-21-13-7-3-4-8-14(13)22-18/h1-8,20,24H,9-10H2,(H,21,22). The maximum Gasteiger partial charge on any atom is 0.145 e. The summed E-state index contributed by atoms with van der Waals surface area (Å²) in [5.74, 6) is 0.901. The number of benzene rings is 2. The van der Waals surface area contributed by atoms with Crippen molar-refractivity contribution in [2.75, 3.05) is 6.54 Å². The molecule has 6 heteroatoms. The van der Waals surface area contributed by atoms with Crippen LogP contribution in [-0.2, 0) is 6.54 Å². The van der Waals surface area contributed by atoms with E-state index in [4.69, 9.17) is 17.0 Å². The number of fused-ring (bicyclic) bond motifs is 1. The summed E-state index contributed by atoms with van der Waals surface area (Å²) in [7, 11) is 0. The molecule has 24 heavy (non-hydrogen) atoms. The molecule has 2 aromatic carbocycles. The zero-order chi connectivity index (χ0) is 16.7. The van der Waals surface area contributed by atoms with Gasteiger partial charge in [-0.15, -0.1) is 0 Å². The Labute approximate surface area is 143 Å². The lowest BCUT2D eigenvalue weighted by atomic mass is 10.2. The lowest BCUT2D eigenvalue weighted by Gasteiger charge is -2.19. The molecule has 1 aromatic heterocycles. The highest BCUT2D eigenvalue weighted by molar-refractivity contribution is 6.31. The van der Waals surface area contributed by atoms with Crippen LogP contribution in [0.15, 0.2) is 54.3 Å². The summed E-state index contributed by atoms with van der Waals surface area (Å²) in [6.07, 6.45) is 0. The van der Waals surface area contributed by atoms with Gasteiger partial charge in [-0.1, -0.05) is 41.9 Å². The summed E-state index contributed by atoms with van der Waals surface area (Å²) >= 11 is 6.20. The zero-order valence-electron chi connectivity index (χ0n) is 12.8. The van der Waals surface area contributed by atoms with Gasteiger partial charge in [-0.3, -0.25) is 5.41 Å². The monoisotopic (exact) mass is 338 g/mol. The highest BCUT2D eigenvalue weighted by Crippen LogP contribution is 2.29. The van der Waals surface area contributed by atoms with E-state index < -0.39 is 0 Å². The number of nitrogens with one attached hydrogen (secondary N) is 2. The summed E-state index contributed by atoms with van der Waals surface area (Å²) in [6, 6.07) is 15.2. The number of imidazole rings is 1. The maximum atomic E-state index is 10.4. The van der Waals surface area contributed by atoms with Crippen LogP contribution in [0.3, 0.4) is 0 Å². The van der Waals surface area contributed by atoms with E-state index in [1.165, 1.54) is 0 Å². The Morgan fingerprint density at radius 2 is 1.92 bits per heavy atom. The normalized spacial score (nSPS) is 14.9. The second kappa shape index (κ2) is 5.69. The molecule has 3 aromatic rings. The average molecular weight is 339 g/mol. The van der Waals surface area contributed by atoms with Crippen LogP contribution in [-0.4, -0.2) is 32.4 Å². The van der Waals surface area contributed by atoms with Gasteiger partial charge in [0.05, 0.1) is 23.2 Å². The van der Waals surface area contributed by atoms with E-state index >= 15 is 0 Å². The largest absolute Gasteiger partial charge is 0.510 e. The number of hydrogen-bond acceptors (Lipinski definition) is 3. The van der Waals surface area contributed by atoms with E-state index in [0.29, 0.717) is 23.0 Å². The Bertz CT molecular complexity index is 943. The molecule has 4 rings (SSSR count). The Morgan fingerprint density at radius 1 is 1.17 bits per heavy atom. The van der Waals surface area contributed by atoms with Crippen molar-refractivity contribution in [2.45, 2.75) is 6.54 Å². The van der Waals surface area contributed by atoms with Gasteiger partial charge in [0.25, 0.3) is 0 Å². The number of hydrogen-bond donors (Lipinski definition) is 3. The summed E-state index contributed by atoms with van der Waals surface area (Å²) in [5, 5.41) is 19.4. The number of aliphatic hydroxyl groups excluding tert-OH is 1. The topological polar surface area (TPSA) is 76.0 Å². The minimum absolute atomic E-state index is 0.145. The SMILES string of the molecule is N=C1C(c2nc3ccccc3[nH]2)=C(O)CN1Cc1ccccc1Cl. The molecule has 0 amide bonds. The first-order valence-corrected chi connectivity index (χ1v) is 7.96. The van der Waals surface area contributed by atoms with Gasteiger partial charge in [0.15, 0.2) is 0 Å². The highest BCUT2D eigenvalue weighted by Gasteiger charge is 2.30. The molecule has 0 saturated heterocycles. The number of nitrogens with zero attached hydrogens (tertiary/aromatic N) is 2. The summed E-state index contributed by atoms with van der Waals surface area (Å²) < 4.78 is 0. The molecule has 1 aliphatic heterocycles. The molecule has 1 aliphatic rings. The fourth-order valence-electron chi connectivity index (χ4n) is 2.92. The number of aromatic amines is 1. The molecular formula is C18H15ClN4O. The predicted octanol–water partition coefficient (Wildman–Crippen LogP) is 3.98. The molecule has 0 bridgehead atoms. The molecule has 0 spiro atoms. The molecular weight excluding hydrogens is 324 g/mol. The van der Waals surface area contributed by atoms with Gasteiger partial charge in [-0.25, -0.2) is 4.98 Å². The molecule has 3 N–H and O–H groups in total. The number of amidine groups is 1. The fraction of sp³-hybridized carbons (Fsp3) is 0.111. The Balaban J connectivity index is 1.64. The van der Waals surface area contributed by atoms with E-state index in [0.717, 1.165) is 16.6 Å². The van der Waals surface area contributed by atoms with Crippen molar-refractivity contribution in [3.8, 4) is 0 Å². The number of rotatable bonds is 3. The average Bonchev–Trinajstić information content (AvgIpc) is 3.10. The van der Waals surface area contributed by atoms with Crippen molar-refractivity contribution in [1.82, 2.24) is 14.9 Å². The van der Waals surface area contributed by atoms with Crippen molar-refractivity contribution in [3.05, 3.63) is 70.7 Å². The van der Waals surface area contributed by atoms with Crippen molar-refractivity contribution in [2.24, 2.45) is 0 Å². The number of halogens is 1. The third-order valence-corrected chi connectivity index (χ3v) is 4.50. The Hall–Kier alpha value is -2.79. The van der Waals surface area contributed by atoms with E-state index in [2.05, 4.69) is 9.97 Å². The van der Waals surface area contributed by atoms with Crippen LogP contribution < -0.4 is 0 Å². The molecule has 0 saturated carbocycles. The van der Waals surface area contributed by atoms with Gasteiger partial charge in [0, 0.05) is 11.6 Å². The Kier molecular flexibility index (Phi) is 3.50. The van der Waals surface area contributed by atoms with Crippen LogP contribution >= 0.6 is 11.6 Å². The van der Waals surface area contributed by atoms with Gasteiger partial charge >= 0.3 is 0 Å². The van der Waals surface area contributed by atoms with Crippen molar-refractivity contribution < 1.29 is 5.11 Å². The Morgan fingerprint density at radius 3 is 2.71 bits per heavy atom. The summed E-state index contributed by atoms with van der Waals surface area (Å²) in [4.78, 5) is 9.44. The van der Waals surface area contributed by atoms with Crippen molar-refractivity contribution >= 4 is 34.0 Å². The third kappa shape index (κ3) is 2.43. The van der Waals surface area contributed by atoms with Crippen LogP contribution in [0.5, 0.6) is 0 Å². The molecule has 0 unspecified atom stereocenters. The highest BCUT2D eigenvalue weighted by atomic mass is 35.5. The number of aromatic nitrogens is 2. The molecule has 0 fully saturated rings. The van der Waals surface area contributed by atoms with E-state index in [1.807, 2.05) is 48.5 Å². The van der Waals surface area contributed by atoms with Gasteiger partial charge in [-0.05, 0) is 23.8 Å². The van der Waals surface area contributed by atoms with Crippen LogP contribution in [0, 0.1) is 5.41 Å². The van der Waals surface area contributed by atoms with Gasteiger partial charge < -0.3 is 15.0 Å². The lowest BCUT2D eigenvalue weighted by Crippen LogP contribution is -2.26. The molecule has 2 heterocycles. The lowest BCUT2D eigenvalue weighted by molar-refractivity contribution is 0.347. The van der Waals surface area contributed by atoms with Crippen LogP contribution in [0.2, 0.25) is 5.02 Å². The molecule has 0 atom stereocenters. The first-order valence-electron chi connectivity index (χ1n) is 7.58. The smallest absolute Gasteiger partial charge is 0.145 e. The molecule has 5 nitrogen and oxygen atoms in total. The fourth-order valence-corrected chi connectivity index (χ4v) is 3.12. The maximum absolute atomic E-state index is 10.4. The third-order valence-electron chi connectivity index (χ3n) is 4.13. The predicted molar refractivity (Wildman–Crippen MR) is 95.2 cm³/mol. The van der Waals surface area contributed by atoms with E-state index in [-0.39, 0.29) is 18.1 Å². The first kappa shape index (κ1) is 14.8. The molecule has 120 valence electrons. The minimum atomic E-state index is 0.145. The van der Waals surface area contributed by atoms with Gasteiger partial charge in [-0.2, -0.15) is 0 Å². The minimum Gasteiger partial charge on any atom is -0.510 e. The number of para-hydroxylation sites is 2. The summed E-state index contributed by atoms with van der Waals surface area (Å²) in [5.41, 5.74) is 3.05. The van der Waals surface area contributed by atoms with E-state index in [9.17, 15) is 5.11 Å². The van der Waals surface area contributed by atoms with E-state index in [1.54, 1.807) is 4.90 Å². The van der Waals surface area contributed by atoms with Crippen molar-refractivity contribution in [3.63, 3.8) is 0 Å². The van der Waals surface area contributed by atoms with Crippen LogP contribution in [0.25, 0.3) is 16.6 Å². The van der Waals surface area contributed by atoms with Crippen LogP contribution in [0.1, 0.15) is 11.4 Å². The molecule has 0 radical (unpaired) electrons. The second-order valence-electron chi connectivity index (χ2n) is 5.72. The number of aliphatic hydroxyl groups is 1.